The van der Waals surface area contributed by atoms with Gasteiger partial charge in [0, 0.05) is 25.7 Å². The van der Waals surface area contributed by atoms with Crippen LogP contribution in [-0.2, 0) is 4.79 Å². The summed E-state index contributed by atoms with van der Waals surface area (Å²) in [6, 6.07) is 1.92. The number of nitrogens with zero attached hydrogens (tertiary/aromatic N) is 5. The monoisotopic (exact) mass is 290 g/mol. The molecule has 2 aliphatic heterocycles. The smallest absolute Gasteiger partial charge is 0.243 e. The fraction of sp³-hybridized carbons (Fsp3) is 0.643. The van der Waals surface area contributed by atoms with Crippen LogP contribution in [0.15, 0.2) is 12.3 Å². The van der Waals surface area contributed by atoms with Crippen LogP contribution in [0.2, 0.25) is 0 Å². The highest BCUT2D eigenvalue weighted by Crippen LogP contribution is 2.28. The van der Waals surface area contributed by atoms with Crippen molar-refractivity contribution in [3.05, 3.63) is 12.3 Å². The van der Waals surface area contributed by atoms with E-state index in [4.69, 9.17) is 5.26 Å². The van der Waals surface area contributed by atoms with Crippen LogP contribution in [0.1, 0.15) is 20.8 Å². The van der Waals surface area contributed by atoms with Gasteiger partial charge in [-0.1, -0.05) is 13.8 Å². The van der Waals surface area contributed by atoms with E-state index in [2.05, 4.69) is 21.3 Å². The Balaban J connectivity index is 0.000000774. The number of hydrogen-bond donors (Lipinski definition) is 1. The van der Waals surface area contributed by atoms with Crippen LogP contribution in [0.4, 0.5) is 5.82 Å². The zero-order chi connectivity index (χ0) is 15.5. The quantitative estimate of drug-likeness (QED) is 0.768. The lowest BCUT2D eigenvalue weighted by Crippen LogP contribution is -2.70. The van der Waals surface area contributed by atoms with Crippen LogP contribution in [0.3, 0.4) is 0 Å². The lowest BCUT2D eigenvalue weighted by atomic mass is 9.92. The zero-order valence-corrected chi connectivity index (χ0v) is 12.8. The molecule has 21 heavy (non-hydrogen) atoms. The Morgan fingerprint density at radius 2 is 2.14 bits per heavy atom. The van der Waals surface area contributed by atoms with Gasteiger partial charge in [0.1, 0.15) is 12.4 Å². The highest BCUT2D eigenvalue weighted by molar-refractivity contribution is 5.80. The number of H-pyrrole nitrogens is 1. The first kappa shape index (κ1) is 15.2. The maximum atomic E-state index is 12.1. The van der Waals surface area contributed by atoms with Gasteiger partial charge in [0.15, 0.2) is 6.19 Å². The van der Waals surface area contributed by atoms with Gasteiger partial charge in [-0.05, 0) is 6.92 Å². The third kappa shape index (κ3) is 2.79. The molecule has 0 aliphatic carbocycles. The van der Waals surface area contributed by atoms with E-state index in [-0.39, 0.29) is 18.0 Å². The molecular weight excluding hydrogens is 268 g/mol. The van der Waals surface area contributed by atoms with Crippen molar-refractivity contribution in [2.75, 3.05) is 37.6 Å². The van der Waals surface area contributed by atoms with Gasteiger partial charge in [-0.2, -0.15) is 10.4 Å². The molecule has 1 aromatic heterocycles. The van der Waals surface area contributed by atoms with Crippen LogP contribution in [0.5, 0.6) is 0 Å². The van der Waals surface area contributed by atoms with Crippen molar-refractivity contribution in [1.29, 1.82) is 5.26 Å². The molecule has 3 heterocycles. The van der Waals surface area contributed by atoms with Crippen LogP contribution < -0.4 is 4.90 Å². The molecule has 1 amide bonds. The molecule has 0 saturated carbocycles. The number of carbonyl (C=O) groups is 1. The van der Waals surface area contributed by atoms with Gasteiger partial charge in [0.2, 0.25) is 5.91 Å². The van der Waals surface area contributed by atoms with Gasteiger partial charge < -0.3 is 9.80 Å². The molecule has 2 saturated heterocycles. The van der Waals surface area contributed by atoms with Crippen molar-refractivity contribution in [3.8, 4) is 6.19 Å². The second-order valence-electron chi connectivity index (χ2n) is 5.36. The standard InChI is InChI=1S/C12H16N6O.C2H6/c1-12-7-16(9-13)6-11(19)18(12)5-4-17(8-12)10-2-3-14-15-10;1-2/h2-3H,4-8H2,1H3,(H,14,15);1-2H3. The lowest BCUT2D eigenvalue weighted by Gasteiger charge is -2.53. The normalized spacial score (nSPS) is 24.9. The maximum Gasteiger partial charge on any atom is 0.243 e. The number of amides is 1. The Morgan fingerprint density at radius 1 is 1.38 bits per heavy atom. The van der Waals surface area contributed by atoms with E-state index < -0.39 is 0 Å². The molecule has 1 unspecified atom stereocenters. The van der Waals surface area contributed by atoms with Gasteiger partial charge in [-0.15, -0.1) is 0 Å². The molecule has 1 atom stereocenters. The Labute approximate surface area is 125 Å². The van der Waals surface area contributed by atoms with E-state index in [1.54, 1.807) is 6.20 Å². The van der Waals surface area contributed by atoms with Gasteiger partial charge in [0.25, 0.3) is 0 Å². The first-order valence-electron chi connectivity index (χ1n) is 7.32. The number of nitrogens with one attached hydrogen (secondary N) is 1. The summed E-state index contributed by atoms with van der Waals surface area (Å²) in [7, 11) is 0. The van der Waals surface area contributed by atoms with Crippen LogP contribution in [-0.4, -0.2) is 64.2 Å². The van der Waals surface area contributed by atoms with Crippen molar-refractivity contribution in [1.82, 2.24) is 20.0 Å². The second kappa shape index (κ2) is 6.04. The minimum absolute atomic E-state index is 0.0413. The topological polar surface area (TPSA) is 79.3 Å². The average molecular weight is 290 g/mol. The van der Waals surface area contributed by atoms with Gasteiger partial charge >= 0.3 is 0 Å². The second-order valence-corrected chi connectivity index (χ2v) is 5.36. The van der Waals surface area contributed by atoms with Crippen molar-refractivity contribution in [3.63, 3.8) is 0 Å². The Morgan fingerprint density at radius 3 is 2.76 bits per heavy atom. The summed E-state index contributed by atoms with van der Waals surface area (Å²) in [6.07, 6.45) is 3.81. The summed E-state index contributed by atoms with van der Waals surface area (Å²) >= 11 is 0. The number of anilines is 1. The predicted molar refractivity (Wildman–Crippen MR) is 79.5 cm³/mol. The minimum atomic E-state index is -0.325. The molecule has 7 heteroatoms. The van der Waals surface area contributed by atoms with E-state index >= 15 is 0 Å². The molecule has 0 radical (unpaired) electrons. The molecule has 0 bridgehead atoms. The molecule has 2 fully saturated rings. The Kier molecular flexibility index (Phi) is 4.36. The Bertz CT molecular complexity index is 522. The number of rotatable bonds is 1. The van der Waals surface area contributed by atoms with Crippen LogP contribution in [0.25, 0.3) is 0 Å². The first-order valence-corrected chi connectivity index (χ1v) is 7.32. The summed E-state index contributed by atoms with van der Waals surface area (Å²) in [5.74, 6) is 1.00. The third-order valence-corrected chi connectivity index (χ3v) is 3.90. The number of hydrogen-bond acceptors (Lipinski definition) is 5. The van der Waals surface area contributed by atoms with Gasteiger partial charge in [0.05, 0.1) is 18.3 Å². The Hall–Kier alpha value is -2.23. The van der Waals surface area contributed by atoms with Crippen molar-refractivity contribution in [2.45, 2.75) is 26.3 Å². The van der Waals surface area contributed by atoms with Gasteiger partial charge in [-0.3, -0.25) is 14.8 Å². The van der Waals surface area contributed by atoms with E-state index in [1.807, 2.05) is 31.7 Å². The fourth-order valence-electron chi connectivity index (χ4n) is 3.04. The molecule has 3 rings (SSSR count). The molecule has 0 spiro atoms. The first-order chi connectivity index (χ1) is 10.1. The molecule has 1 aromatic rings. The summed E-state index contributed by atoms with van der Waals surface area (Å²) < 4.78 is 0. The predicted octanol–water partition coefficient (Wildman–Crippen LogP) is 0.640. The number of aromatic amines is 1. The average Bonchev–Trinajstić information content (AvgIpc) is 3.02. The summed E-state index contributed by atoms with van der Waals surface area (Å²) in [5.41, 5.74) is -0.325. The van der Waals surface area contributed by atoms with Crippen molar-refractivity contribution < 1.29 is 4.79 Å². The molecule has 1 N–H and O–H groups in total. The summed E-state index contributed by atoms with van der Waals surface area (Å²) in [6.45, 7) is 9.01. The van der Waals surface area contributed by atoms with Gasteiger partial charge in [-0.25, -0.2) is 0 Å². The highest BCUT2D eigenvalue weighted by Gasteiger charge is 2.45. The number of piperazine rings is 2. The molecular formula is C14H22N6O. The molecule has 114 valence electrons. The van der Waals surface area contributed by atoms with Crippen LogP contribution in [0, 0.1) is 11.5 Å². The number of fused-ring (bicyclic) bond motifs is 1. The van der Waals surface area contributed by atoms with E-state index in [0.717, 1.165) is 12.4 Å². The van der Waals surface area contributed by atoms with Crippen LogP contribution >= 0.6 is 0 Å². The van der Waals surface area contributed by atoms with E-state index in [0.29, 0.717) is 19.6 Å². The van der Waals surface area contributed by atoms with Crippen molar-refractivity contribution in [2.24, 2.45) is 0 Å². The largest absolute Gasteiger partial charge is 0.353 e. The lowest BCUT2D eigenvalue weighted by molar-refractivity contribution is -0.144. The number of nitriles is 1. The SMILES string of the molecule is CC.CC12CN(C#N)CC(=O)N1CCN(c1ccn[nH]1)C2. The number of carbonyl (C=O) groups excluding carboxylic acids is 1. The van der Waals surface area contributed by atoms with E-state index in [9.17, 15) is 4.79 Å². The maximum absolute atomic E-state index is 12.1. The molecule has 7 nitrogen and oxygen atoms in total. The number of aromatic nitrogens is 2. The summed E-state index contributed by atoms with van der Waals surface area (Å²) in [4.78, 5) is 17.7. The third-order valence-electron chi connectivity index (χ3n) is 3.90. The summed E-state index contributed by atoms with van der Waals surface area (Å²) in [5, 5.41) is 15.9. The van der Waals surface area contributed by atoms with E-state index in [1.165, 1.54) is 4.90 Å². The molecule has 0 aromatic carbocycles. The fourth-order valence-corrected chi connectivity index (χ4v) is 3.04. The molecule has 2 aliphatic rings. The zero-order valence-electron chi connectivity index (χ0n) is 12.8. The highest BCUT2D eigenvalue weighted by atomic mass is 16.2. The van der Waals surface area contributed by atoms with Crippen molar-refractivity contribution >= 4 is 11.7 Å². The minimum Gasteiger partial charge on any atom is -0.353 e.